The zero-order valence-corrected chi connectivity index (χ0v) is 17.6. The number of hydrogen-bond acceptors (Lipinski definition) is 8. The number of aliphatic hydroxyl groups is 1. The van der Waals surface area contributed by atoms with Crippen LogP contribution in [0.5, 0.6) is 5.75 Å². The van der Waals surface area contributed by atoms with Crippen molar-refractivity contribution in [1.29, 1.82) is 5.41 Å². The van der Waals surface area contributed by atoms with Crippen molar-refractivity contribution in [3.63, 3.8) is 0 Å². The number of halogens is 1. The van der Waals surface area contributed by atoms with Gasteiger partial charge >= 0.3 is 0 Å². The number of hydrogen-bond donors (Lipinski definition) is 4. The third-order valence-corrected chi connectivity index (χ3v) is 7.78. The Hall–Kier alpha value is -2.96. The van der Waals surface area contributed by atoms with Gasteiger partial charge in [0.1, 0.15) is 22.4 Å². The summed E-state index contributed by atoms with van der Waals surface area (Å²) in [6.07, 6.45) is 0.249. The Kier molecular flexibility index (Phi) is 5.23. The van der Waals surface area contributed by atoms with Gasteiger partial charge in [0.2, 0.25) is 16.0 Å². The van der Waals surface area contributed by atoms with Crippen LogP contribution in [0.1, 0.15) is 17.5 Å². The van der Waals surface area contributed by atoms with Crippen molar-refractivity contribution in [2.24, 2.45) is 0 Å². The number of fused-ring (bicyclic) bond motifs is 1. The van der Waals surface area contributed by atoms with Crippen molar-refractivity contribution >= 4 is 21.7 Å². The highest BCUT2D eigenvalue weighted by molar-refractivity contribution is 7.90. The number of sulfonamides is 1. The summed E-state index contributed by atoms with van der Waals surface area (Å²) in [5, 5.41) is 23.0. The minimum atomic E-state index is -3.93. The van der Waals surface area contributed by atoms with Crippen LogP contribution < -0.4 is 15.4 Å². The molecule has 3 heterocycles. The summed E-state index contributed by atoms with van der Waals surface area (Å²) < 4.78 is 51.9. The second-order valence-electron chi connectivity index (χ2n) is 7.33. The van der Waals surface area contributed by atoms with E-state index in [2.05, 4.69) is 15.6 Å². The van der Waals surface area contributed by atoms with E-state index in [1.807, 2.05) is 0 Å². The molecule has 0 spiro atoms. The molecule has 4 rings (SSSR count). The molecule has 1 aromatic carbocycles. The highest BCUT2D eigenvalue weighted by Crippen LogP contribution is 2.41. The number of aliphatic hydroxyl groups excluding tert-OH is 1. The smallest absolute Gasteiger partial charge is 0.245 e. The van der Waals surface area contributed by atoms with Crippen LogP contribution >= 0.6 is 0 Å². The number of nitrogens with zero attached hydrogens (tertiary/aromatic N) is 2. The second kappa shape index (κ2) is 7.62. The number of benzene rings is 1. The van der Waals surface area contributed by atoms with Gasteiger partial charge in [-0.25, -0.2) is 17.1 Å². The molecule has 2 fully saturated rings. The number of ether oxygens (including phenoxy) is 2. The van der Waals surface area contributed by atoms with E-state index in [0.29, 0.717) is 17.1 Å². The van der Waals surface area contributed by atoms with E-state index in [1.165, 1.54) is 38.6 Å². The van der Waals surface area contributed by atoms with Crippen LogP contribution in [-0.2, 0) is 20.3 Å². The van der Waals surface area contributed by atoms with Crippen molar-refractivity contribution < 1.29 is 27.4 Å². The maximum absolute atomic E-state index is 14.9. The Bertz CT molecular complexity index is 1110. The molecular weight excluding hydrogens is 429 g/mol. The van der Waals surface area contributed by atoms with E-state index < -0.39 is 32.9 Å². The van der Waals surface area contributed by atoms with Crippen LogP contribution in [0, 0.1) is 11.2 Å². The lowest BCUT2D eigenvalue weighted by Crippen LogP contribution is -2.67. The van der Waals surface area contributed by atoms with Crippen molar-refractivity contribution in [2.75, 3.05) is 32.7 Å². The van der Waals surface area contributed by atoms with Gasteiger partial charge in [0, 0.05) is 18.3 Å². The lowest BCUT2D eigenvalue weighted by atomic mass is 9.87. The van der Waals surface area contributed by atoms with Crippen molar-refractivity contribution in [2.45, 2.75) is 17.0 Å². The number of guanidine groups is 1. The van der Waals surface area contributed by atoms with E-state index in [-0.39, 0.29) is 24.7 Å². The molecule has 10 nitrogen and oxygen atoms in total. The van der Waals surface area contributed by atoms with Crippen LogP contribution in [0.2, 0.25) is 0 Å². The van der Waals surface area contributed by atoms with E-state index in [0.717, 1.165) is 4.31 Å². The monoisotopic (exact) mass is 451 g/mol. The summed E-state index contributed by atoms with van der Waals surface area (Å²) in [5.74, 6) is -0.497. The van der Waals surface area contributed by atoms with Gasteiger partial charge in [-0.05, 0) is 30.3 Å². The highest BCUT2D eigenvalue weighted by atomic mass is 32.2. The Morgan fingerprint density at radius 3 is 2.90 bits per heavy atom. The van der Waals surface area contributed by atoms with Crippen molar-refractivity contribution in [1.82, 2.24) is 14.6 Å². The fourth-order valence-corrected chi connectivity index (χ4v) is 5.52. The van der Waals surface area contributed by atoms with Gasteiger partial charge in [-0.1, -0.05) is 0 Å². The maximum Gasteiger partial charge on any atom is 0.245 e. The Morgan fingerprint density at radius 2 is 2.23 bits per heavy atom. The third kappa shape index (κ3) is 3.46. The summed E-state index contributed by atoms with van der Waals surface area (Å²) in [6.45, 7) is -0.265. The quantitative estimate of drug-likeness (QED) is 0.488. The molecule has 12 heteroatoms. The largest absolute Gasteiger partial charge is 0.495 e. The first kappa shape index (κ1) is 21.3. The first-order chi connectivity index (χ1) is 14.7. The molecular formula is C19H22FN5O5S. The predicted octanol–water partition coefficient (Wildman–Crippen LogP) is 0.726. The van der Waals surface area contributed by atoms with Gasteiger partial charge in [-0.3, -0.25) is 10.4 Å². The summed E-state index contributed by atoms with van der Waals surface area (Å²) in [7, 11) is -1.17. The Balaban J connectivity index is 1.68. The molecule has 1 unspecified atom stereocenters. The molecule has 4 N–H and O–H groups in total. The first-order valence-corrected chi connectivity index (χ1v) is 10.9. The minimum Gasteiger partial charge on any atom is -0.495 e. The molecule has 0 bridgehead atoms. The molecule has 0 radical (unpaired) electrons. The van der Waals surface area contributed by atoms with Crippen LogP contribution in [0.3, 0.4) is 0 Å². The van der Waals surface area contributed by atoms with Crippen LogP contribution in [0.15, 0.2) is 36.5 Å². The highest BCUT2D eigenvalue weighted by Gasteiger charge is 2.59. The third-order valence-electron chi connectivity index (χ3n) is 5.57. The number of nitrogens with one attached hydrogen (secondary N) is 3. The molecule has 2 aliphatic heterocycles. The van der Waals surface area contributed by atoms with E-state index in [9.17, 15) is 17.9 Å². The molecule has 2 saturated heterocycles. The molecule has 31 heavy (non-hydrogen) atoms. The van der Waals surface area contributed by atoms with Gasteiger partial charge in [-0.15, -0.1) is 0 Å². The standard InChI is InChI=1S/C19H22FN5O5S/c1-25-18(21)24-19(10-30-9-16(19)31(25,27)28)13-7-11(3-5-14(13)20)23-17(26)15-6-4-12(29-2)8-22-15/h3-8,16-17,23,26H,9-10H2,1-2H3,(H2,21,24)/t16-,17?,19-/m1/s1. The van der Waals surface area contributed by atoms with Gasteiger partial charge in [0.05, 0.1) is 32.2 Å². The van der Waals surface area contributed by atoms with Gasteiger partial charge < -0.3 is 25.2 Å². The summed E-state index contributed by atoms with van der Waals surface area (Å²) in [5.41, 5.74) is -0.788. The Morgan fingerprint density at radius 1 is 1.45 bits per heavy atom. The topological polar surface area (TPSA) is 137 Å². The summed E-state index contributed by atoms with van der Waals surface area (Å²) in [6, 6.07) is 7.22. The maximum atomic E-state index is 14.9. The van der Waals surface area contributed by atoms with E-state index >= 15 is 0 Å². The number of methoxy groups -OCH3 is 1. The summed E-state index contributed by atoms with van der Waals surface area (Å²) in [4.78, 5) is 4.11. The number of rotatable bonds is 5. The second-order valence-corrected chi connectivity index (χ2v) is 9.47. The molecule has 166 valence electrons. The molecule has 1 aromatic heterocycles. The van der Waals surface area contributed by atoms with Crippen LogP contribution in [-0.4, -0.2) is 61.4 Å². The fourth-order valence-electron chi connectivity index (χ4n) is 3.81. The lowest BCUT2D eigenvalue weighted by Gasteiger charge is -2.43. The number of pyridine rings is 1. The average Bonchev–Trinajstić information content (AvgIpc) is 3.19. The molecule has 0 saturated carbocycles. The zero-order chi connectivity index (χ0) is 22.4. The average molecular weight is 451 g/mol. The first-order valence-electron chi connectivity index (χ1n) is 9.36. The van der Waals surface area contributed by atoms with Gasteiger partial charge in [0.25, 0.3) is 0 Å². The minimum absolute atomic E-state index is 0.0244. The number of aromatic nitrogens is 1. The predicted molar refractivity (Wildman–Crippen MR) is 110 cm³/mol. The summed E-state index contributed by atoms with van der Waals surface area (Å²) >= 11 is 0. The SMILES string of the molecule is COc1ccc(C(O)Nc2ccc(F)c([C@]34COC[C@H]3S(=O)(=O)N(C)C(=N)N4)c2)nc1. The normalized spacial score (nSPS) is 25.5. The van der Waals surface area contributed by atoms with E-state index in [1.54, 1.807) is 12.1 Å². The molecule has 3 atom stereocenters. The van der Waals surface area contributed by atoms with Crippen molar-refractivity contribution in [3.8, 4) is 5.75 Å². The van der Waals surface area contributed by atoms with Gasteiger partial charge in [-0.2, -0.15) is 0 Å². The van der Waals surface area contributed by atoms with Crippen LogP contribution in [0.4, 0.5) is 10.1 Å². The fraction of sp³-hybridized carbons (Fsp3) is 0.368. The molecule has 2 aromatic rings. The number of anilines is 1. The lowest BCUT2D eigenvalue weighted by molar-refractivity contribution is 0.171. The zero-order valence-electron chi connectivity index (χ0n) is 16.8. The Labute approximate surface area is 178 Å². The van der Waals surface area contributed by atoms with E-state index in [4.69, 9.17) is 14.9 Å². The van der Waals surface area contributed by atoms with Crippen LogP contribution in [0.25, 0.3) is 0 Å². The van der Waals surface area contributed by atoms with Crippen molar-refractivity contribution in [3.05, 3.63) is 53.6 Å². The molecule has 0 amide bonds. The molecule has 2 aliphatic rings. The van der Waals surface area contributed by atoms with Gasteiger partial charge in [0.15, 0.2) is 6.23 Å². The molecule has 0 aliphatic carbocycles.